The van der Waals surface area contributed by atoms with Crippen LogP contribution in [0.2, 0.25) is 0 Å². The van der Waals surface area contributed by atoms with E-state index in [1.165, 1.54) is 11.3 Å². The second-order valence-corrected chi connectivity index (χ2v) is 8.12. The summed E-state index contributed by atoms with van der Waals surface area (Å²) in [5.41, 5.74) is 0. The van der Waals surface area contributed by atoms with Crippen molar-refractivity contribution in [1.82, 2.24) is 9.88 Å². The number of aromatic nitrogens is 1. The SMILES string of the molecule is C=CCN(C(=O)c1cnc(CC)s1)C1CCS(=O)(=O)C1. The Morgan fingerprint density at radius 3 is 2.90 bits per heavy atom. The molecule has 1 aromatic heterocycles. The first-order chi connectivity index (χ1) is 9.46. The Balaban J connectivity index is 2.20. The third-order valence-electron chi connectivity index (χ3n) is 3.30. The van der Waals surface area contributed by atoms with Crippen LogP contribution in [0.25, 0.3) is 0 Å². The molecule has 1 amide bonds. The molecule has 0 saturated carbocycles. The molecule has 0 aromatic carbocycles. The highest BCUT2D eigenvalue weighted by molar-refractivity contribution is 7.91. The van der Waals surface area contributed by atoms with E-state index in [0.717, 1.165) is 11.4 Å². The number of carbonyl (C=O) groups is 1. The lowest BCUT2D eigenvalue weighted by Gasteiger charge is -2.26. The van der Waals surface area contributed by atoms with Crippen LogP contribution in [-0.4, -0.2) is 48.3 Å². The molecule has 2 heterocycles. The topological polar surface area (TPSA) is 67.3 Å². The molecular formula is C13H18N2O3S2. The van der Waals surface area contributed by atoms with Gasteiger partial charge in [0.15, 0.2) is 9.84 Å². The summed E-state index contributed by atoms with van der Waals surface area (Å²) >= 11 is 1.37. The van der Waals surface area contributed by atoms with Gasteiger partial charge in [0.25, 0.3) is 5.91 Å². The van der Waals surface area contributed by atoms with Gasteiger partial charge in [-0.25, -0.2) is 13.4 Å². The molecule has 1 unspecified atom stereocenters. The van der Waals surface area contributed by atoms with Gasteiger partial charge in [0.1, 0.15) is 4.88 Å². The lowest BCUT2D eigenvalue weighted by molar-refractivity contribution is 0.0725. The molecule has 20 heavy (non-hydrogen) atoms. The quantitative estimate of drug-likeness (QED) is 0.773. The highest BCUT2D eigenvalue weighted by Gasteiger charge is 2.34. The largest absolute Gasteiger partial charge is 0.330 e. The predicted octanol–water partition coefficient (Wildman–Crippen LogP) is 1.52. The van der Waals surface area contributed by atoms with E-state index in [-0.39, 0.29) is 23.5 Å². The van der Waals surface area contributed by atoms with Crippen molar-refractivity contribution in [3.05, 3.63) is 28.7 Å². The Hall–Kier alpha value is -1.21. The number of aryl methyl sites for hydroxylation is 1. The number of rotatable bonds is 5. The van der Waals surface area contributed by atoms with Gasteiger partial charge in [-0.2, -0.15) is 0 Å². The van der Waals surface area contributed by atoms with Crippen molar-refractivity contribution in [2.75, 3.05) is 18.1 Å². The minimum absolute atomic E-state index is 0.0476. The zero-order chi connectivity index (χ0) is 14.8. The van der Waals surface area contributed by atoms with Crippen molar-refractivity contribution >= 4 is 27.1 Å². The average molecular weight is 314 g/mol. The number of amides is 1. The van der Waals surface area contributed by atoms with Crippen molar-refractivity contribution in [3.63, 3.8) is 0 Å². The Morgan fingerprint density at radius 1 is 1.65 bits per heavy atom. The molecule has 1 fully saturated rings. The van der Waals surface area contributed by atoms with E-state index in [9.17, 15) is 13.2 Å². The second-order valence-electron chi connectivity index (χ2n) is 4.77. The molecule has 2 rings (SSSR count). The lowest BCUT2D eigenvalue weighted by Crippen LogP contribution is -2.40. The standard InChI is InChI=1S/C13H18N2O3S2/c1-3-6-15(10-5-7-20(17,18)9-10)13(16)11-8-14-12(4-2)19-11/h3,8,10H,1,4-7,9H2,2H3. The molecule has 1 atom stereocenters. The van der Waals surface area contributed by atoms with E-state index in [4.69, 9.17) is 0 Å². The molecule has 1 aliphatic heterocycles. The van der Waals surface area contributed by atoms with Gasteiger partial charge in [-0.05, 0) is 12.8 Å². The summed E-state index contributed by atoms with van der Waals surface area (Å²) in [5, 5.41) is 0.908. The van der Waals surface area contributed by atoms with Gasteiger partial charge in [0, 0.05) is 12.6 Å². The Labute approximate surface area is 123 Å². The molecule has 7 heteroatoms. The molecule has 0 N–H and O–H groups in total. The monoisotopic (exact) mass is 314 g/mol. The summed E-state index contributed by atoms with van der Waals surface area (Å²) < 4.78 is 23.2. The molecule has 1 aromatic rings. The number of carbonyl (C=O) groups excluding carboxylic acids is 1. The van der Waals surface area contributed by atoms with E-state index in [0.29, 0.717) is 17.8 Å². The molecule has 0 aliphatic carbocycles. The maximum atomic E-state index is 12.5. The van der Waals surface area contributed by atoms with E-state index in [1.807, 2.05) is 6.92 Å². The fraction of sp³-hybridized carbons (Fsp3) is 0.538. The third kappa shape index (κ3) is 3.27. The van der Waals surface area contributed by atoms with Gasteiger partial charge in [0.05, 0.1) is 22.7 Å². The first kappa shape index (κ1) is 15.2. The molecule has 0 bridgehead atoms. The molecule has 1 aliphatic rings. The van der Waals surface area contributed by atoms with Crippen molar-refractivity contribution in [2.24, 2.45) is 0 Å². The van der Waals surface area contributed by atoms with E-state index >= 15 is 0 Å². The van der Waals surface area contributed by atoms with Gasteiger partial charge in [-0.3, -0.25) is 4.79 Å². The first-order valence-electron chi connectivity index (χ1n) is 6.54. The number of hydrogen-bond acceptors (Lipinski definition) is 5. The van der Waals surface area contributed by atoms with E-state index in [2.05, 4.69) is 11.6 Å². The van der Waals surface area contributed by atoms with Gasteiger partial charge < -0.3 is 4.90 Å². The minimum Gasteiger partial charge on any atom is -0.330 e. The number of nitrogens with zero attached hydrogens (tertiary/aromatic N) is 2. The number of thiazole rings is 1. The number of sulfone groups is 1. The fourth-order valence-corrected chi connectivity index (χ4v) is 4.82. The normalized spacial score (nSPS) is 20.8. The van der Waals surface area contributed by atoms with Crippen LogP contribution in [0.4, 0.5) is 0 Å². The van der Waals surface area contributed by atoms with Crippen molar-refractivity contribution < 1.29 is 13.2 Å². The van der Waals surface area contributed by atoms with Crippen LogP contribution in [-0.2, 0) is 16.3 Å². The second kappa shape index (κ2) is 6.05. The van der Waals surface area contributed by atoms with E-state index < -0.39 is 9.84 Å². The molecule has 0 spiro atoms. The maximum Gasteiger partial charge on any atom is 0.266 e. The van der Waals surface area contributed by atoms with E-state index in [1.54, 1.807) is 17.2 Å². The van der Waals surface area contributed by atoms with Gasteiger partial charge in [-0.1, -0.05) is 13.0 Å². The number of hydrogen-bond donors (Lipinski definition) is 0. The van der Waals surface area contributed by atoms with Crippen LogP contribution in [0.15, 0.2) is 18.9 Å². The molecular weight excluding hydrogens is 296 g/mol. The van der Waals surface area contributed by atoms with Gasteiger partial charge >= 0.3 is 0 Å². The summed E-state index contributed by atoms with van der Waals surface area (Å²) in [6.45, 7) is 5.99. The first-order valence-corrected chi connectivity index (χ1v) is 9.17. The summed E-state index contributed by atoms with van der Waals surface area (Å²) in [6, 6.07) is -0.252. The zero-order valence-corrected chi connectivity index (χ0v) is 13.0. The smallest absolute Gasteiger partial charge is 0.266 e. The zero-order valence-electron chi connectivity index (χ0n) is 11.4. The highest BCUT2D eigenvalue weighted by atomic mass is 32.2. The molecule has 110 valence electrons. The molecule has 0 radical (unpaired) electrons. The van der Waals surface area contributed by atoms with Crippen molar-refractivity contribution in [1.29, 1.82) is 0 Å². The summed E-state index contributed by atoms with van der Waals surface area (Å²) in [7, 11) is -3.01. The van der Waals surface area contributed by atoms with Gasteiger partial charge in [0.2, 0.25) is 0 Å². The molecule has 5 nitrogen and oxygen atoms in total. The third-order valence-corrected chi connectivity index (χ3v) is 6.18. The maximum absolute atomic E-state index is 12.5. The average Bonchev–Trinajstić information content (AvgIpc) is 3.01. The van der Waals surface area contributed by atoms with Crippen LogP contribution < -0.4 is 0 Å². The minimum atomic E-state index is -3.01. The van der Waals surface area contributed by atoms with Crippen molar-refractivity contribution in [3.8, 4) is 0 Å². The van der Waals surface area contributed by atoms with Crippen LogP contribution >= 0.6 is 11.3 Å². The Morgan fingerprint density at radius 2 is 2.40 bits per heavy atom. The van der Waals surface area contributed by atoms with Crippen LogP contribution in [0.3, 0.4) is 0 Å². The molecule has 1 saturated heterocycles. The van der Waals surface area contributed by atoms with Crippen LogP contribution in [0, 0.1) is 0 Å². The van der Waals surface area contributed by atoms with Gasteiger partial charge in [-0.15, -0.1) is 17.9 Å². The van der Waals surface area contributed by atoms with Crippen LogP contribution in [0.5, 0.6) is 0 Å². The predicted molar refractivity (Wildman–Crippen MR) is 79.8 cm³/mol. The summed E-state index contributed by atoms with van der Waals surface area (Å²) in [6.07, 6.45) is 4.49. The summed E-state index contributed by atoms with van der Waals surface area (Å²) in [5.74, 6) is 0.0530. The van der Waals surface area contributed by atoms with Crippen molar-refractivity contribution in [2.45, 2.75) is 25.8 Å². The Kier molecular flexibility index (Phi) is 4.59. The van der Waals surface area contributed by atoms with Crippen LogP contribution in [0.1, 0.15) is 28.0 Å². The lowest BCUT2D eigenvalue weighted by atomic mass is 10.2. The fourth-order valence-electron chi connectivity index (χ4n) is 2.27. The highest BCUT2D eigenvalue weighted by Crippen LogP contribution is 2.22. The Bertz CT molecular complexity index is 607. The summed E-state index contributed by atoms with van der Waals surface area (Å²) in [4.78, 5) is 18.9.